The molecule has 0 spiro atoms. The van der Waals surface area contributed by atoms with Gasteiger partial charge < -0.3 is 20.7 Å². The molecule has 0 atom stereocenters. The average Bonchev–Trinajstić information content (AvgIpc) is 2.35. The van der Waals surface area contributed by atoms with Crippen molar-refractivity contribution in [3.05, 3.63) is 23.8 Å². The van der Waals surface area contributed by atoms with Crippen molar-refractivity contribution >= 4 is 17.5 Å². The van der Waals surface area contributed by atoms with Crippen LogP contribution in [0.3, 0.4) is 0 Å². The van der Waals surface area contributed by atoms with Gasteiger partial charge in [0.1, 0.15) is 5.75 Å². The van der Waals surface area contributed by atoms with Gasteiger partial charge in [0.25, 0.3) is 5.91 Å². The molecule has 0 bridgehead atoms. The molecular formula is C12H17N3O3. The minimum absolute atomic E-state index is 0.0670. The third kappa shape index (κ3) is 3.13. The molecule has 0 aromatic heterocycles. The molecule has 0 unspecified atom stereocenters. The van der Waals surface area contributed by atoms with Gasteiger partial charge in [-0.2, -0.15) is 0 Å². The molecule has 6 nitrogen and oxygen atoms in total. The smallest absolute Gasteiger partial charge is 0.253 e. The summed E-state index contributed by atoms with van der Waals surface area (Å²) in [6.45, 7) is -0.0670. The number of anilines is 1. The van der Waals surface area contributed by atoms with Crippen LogP contribution < -0.4 is 15.8 Å². The lowest BCUT2D eigenvalue weighted by molar-refractivity contribution is -0.127. The van der Waals surface area contributed by atoms with Gasteiger partial charge in [-0.05, 0) is 12.1 Å². The third-order valence-electron chi connectivity index (χ3n) is 2.43. The fourth-order valence-corrected chi connectivity index (χ4v) is 1.33. The van der Waals surface area contributed by atoms with E-state index in [9.17, 15) is 9.59 Å². The summed E-state index contributed by atoms with van der Waals surface area (Å²) in [6.07, 6.45) is 0. The zero-order valence-electron chi connectivity index (χ0n) is 10.7. The van der Waals surface area contributed by atoms with Gasteiger partial charge in [0, 0.05) is 14.1 Å². The number of methoxy groups -OCH3 is 1. The van der Waals surface area contributed by atoms with Crippen molar-refractivity contribution in [1.29, 1.82) is 0 Å². The number of carbonyl (C=O) groups excluding carboxylic acids is 2. The molecule has 0 saturated heterocycles. The summed E-state index contributed by atoms with van der Waals surface area (Å²) in [5.74, 6) is -0.159. The van der Waals surface area contributed by atoms with E-state index in [4.69, 9.17) is 10.5 Å². The molecule has 2 amide bonds. The Labute approximate surface area is 106 Å². The molecule has 0 saturated carbocycles. The number of rotatable bonds is 4. The Morgan fingerprint density at radius 3 is 2.61 bits per heavy atom. The highest BCUT2D eigenvalue weighted by atomic mass is 16.5. The summed E-state index contributed by atoms with van der Waals surface area (Å²) >= 11 is 0. The second-order valence-corrected chi connectivity index (χ2v) is 3.89. The summed E-state index contributed by atoms with van der Waals surface area (Å²) in [5.41, 5.74) is 6.33. The molecule has 1 aromatic carbocycles. The monoisotopic (exact) mass is 251 g/mol. The van der Waals surface area contributed by atoms with Crippen LogP contribution in [-0.2, 0) is 4.79 Å². The molecule has 6 heteroatoms. The topological polar surface area (TPSA) is 84.7 Å². The Kier molecular flexibility index (Phi) is 4.53. The second-order valence-electron chi connectivity index (χ2n) is 3.89. The van der Waals surface area contributed by atoms with E-state index in [0.717, 1.165) is 0 Å². The fourth-order valence-electron chi connectivity index (χ4n) is 1.33. The van der Waals surface area contributed by atoms with Crippen LogP contribution in [0.25, 0.3) is 0 Å². The van der Waals surface area contributed by atoms with Gasteiger partial charge in [-0.1, -0.05) is 6.07 Å². The molecular weight excluding hydrogens is 234 g/mol. The number of carbonyl (C=O) groups is 2. The normalized spacial score (nSPS) is 9.72. The quantitative estimate of drug-likeness (QED) is 0.743. The molecule has 0 aliphatic rings. The van der Waals surface area contributed by atoms with Gasteiger partial charge in [-0.25, -0.2) is 0 Å². The first kappa shape index (κ1) is 13.8. The number of hydrogen-bond donors (Lipinski definition) is 2. The van der Waals surface area contributed by atoms with Crippen LogP contribution in [0.5, 0.6) is 5.75 Å². The Morgan fingerprint density at radius 2 is 2.06 bits per heavy atom. The van der Waals surface area contributed by atoms with Crippen LogP contribution in [0.4, 0.5) is 5.69 Å². The van der Waals surface area contributed by atoms with E-state index in [1.165, 1.54) is 12.0 Å². The number of likely N-dealkylation sites (N-methyl/N-ethyl adjacent to an activating group) is 1. The lowest BCUT2D eigenvalue weighted by Gasteiger charge is -2.12. The largest absolute Gasteiger partial charge is 0.495 e. The van der Waals surface area contributed by atoms with Gasteiger partial charge in [0.05, 0.1) is 24.9 Å². The second kappa shape index (κ2) is 5.90. The lowest BCUT2D eigenvalue weighted by Crippen LogP contribution is -2.36. The highest BCUT2D eigenvalue weighted by molar-refractivity contribution is 6.01. The maximum absolute atomic E-state index is 11.8. The maximum atomic E-state index is 11.8. The number of para-hydroxylation sites is 1. The highest BCUT2D eigenvalue weighted by Gasteiger charge is 2.14. The highest BCUT2D eigenvalue weighted by Crippen LogP contribution is 2.24. The van der Waals surface area contributed by atoms with E-state index in [-0.39, 0.29) is 18.1 Å². The zero-order valence-corrected chi connectivity index (χ0v) is 10.7. The van der Waals surface area contributed by atoms with Gasteiger partial charge in [-0.3, -0.25) is 9.59 Å². The molecule has 3 N–H and O–H groups in total. The molecule has 0 aliphatic carbocycles. The van der Waals surface area contributed by atoms with E-state index in [1.807, 2.05) is 0 Å². The van der Waals surface area contributed by atoms with Gasteiger partial charge in [0.15, 0.2) is 0 Å². The van der Waals surface area contributed by atoms with Gasteiger partial charge in [0.2, 0.25) is 5.91 Å². The minimum atomic E-state index is -0.401. The number of nitrogens with two attached hydrogens (primary N) is 1. The van der Waals surface area contributed by atoms with Crippen molar-refractivity contribution in [1.82, 2.24) is 10.2 Å². The Morgan fingerprint density at radius 1 is 1.39 bits per heavy atom. The number of ether oxygens (including phenoxy) is 1. The Bertz CT molecular complexity index is 458. The number of nitrogens with one attached hydrogen (secondary N) is 1. The number of amides is 2. The van der Waals surface area contributed by atoms with Crippen molar-refractivity contribution in [2.75, 3.05) is 33.5 Å². The number of benzene rings is 1. The minimum Gasteiger partial charge on any atom is -0.495 e. The van der Waals surface area contributed by atoms with E-state index >= 15 is 0 Å². The van der Waals surface area contributed by atoms with Crippen LogP contribution >= 0.6 is 0 Å². The van der Waals surface area contributed by atoms with E-state index in [2.05, 4.69) is 5.32 Å². The average molecular weight is 251 g/mol. The standard InChI is InChI=1S/C12H17N3O3/c1-15(2)10(16)7-14-12(17)8-5-4-6-9(18-3)11(8)13/h4-6H,7,13H2,1-3H3,(H,14,17). The summed E-state index contributed by atoms with van der Waals surface area (Å²) in [4.78, 5) is 24.6. The predicted octanol–water partition coefficient (Wildman–Crippen LogP) is 0.0954. The van der Waals surface area contributed by atoms with Crippen molar-refractivity contribution in [3.8, 4) is 5.75 Å². The SMILES string of the molecule is COc1cccc(C(=O)NCC(=O)N(C)C)c1N. The molecule has 0 aliphatic heterocycles. The van der Waals surface area contributed by atoms with Crippen LogP contribution in [0.15, 0.2) is 18.2 Å². The Hall–Kier alpha value is -2.24. The van der Waals surface area contributed by atoms with Gasteiger partial charge >= 0.3 is 0 Å². The van der Waals surface area contributed by atoms with Crippen LogP contribution in [0, 0.1) is 0 Å². The van der Waals surface area contributed by atoms with Crippen LogP contribution in [0.1, 0.15) is 10.4 Å². The molecule has 1 aromatic rings. The Balaban J connectivity index is 2.76. The van der Waals surface area contributed by atoms with E-state index in [1.54, 1.807) is 32.3 Å². The number of hydrogen-bond acceptors (Lipinski definition) is 4. The zero-order chi connectivity index (χ0) is 13.7. The fraction of sp³-hybridized carbons (Fsp3) is 0.333. The maximum Gasteiger partial charge on any atom is 0.253 e. The van der Waals surface area contributed by atoms with Crippen molar-refractivity contribution in [2.24, 2.45) is 0 Å². The number of nitrogens with zero attached hydrogens (tertiary/aromatic N) is 1. The summed E-state index contributed by atoms with van der Waals surface area (Å²) in [6, 6.07) is 4.91. The molecule has 0 radical (unpaired) electrons. The van der Waals surface area contributed by atoms with Gasteiger partial charge in [-0.15, -0.1) is 0 Å². The van der Waals surface area contributed by atoms with E-state index < -0.39 is 5.91 Å². The first-order valence-electron chi connectivity index (χ1n) is 5.38. The van der Waals surface area contributed by atoms with E-state index in [0.29, 0.717) is 11.3 Å². The van der Waals surface area contributed by atoms with Crippen LogP contribution in [0.2, 0.25) is 0 Å². The lowest BCUT2D eigenvalue weighted by atomic mass is 10.1. The molecule has 98 valence electrons. The predicted molar refractivity (Wildman–Crippen MR) is 68.4 cm³/mol. The summed E-state index contributed by atoms with van der Waals surface area (Å²) in [5, 5.41) is 2.51. The van der Waals surface area contributed by atoms with Crippen LogP contribution in [-0.4, -0.2) is 44.5 Å². The third-order valence-corrected chi connectivity index (χ3v) is 2.43. The molecule has 0 heterocycles. The first-order chi connectivity index (χ1) is 8.47. The van der Waals surface area contributed by atoms with Crippen molar-refractivity contribution < 1.29 is 14.3 Å². The molecule has 18 heavy (non-hydrogen) atoms. The number of nitrogen functional groups attached to an aromatic ring is 1. The molecule has 0 fully saturated rings. The van der Waals surface area contributed by atoms with Crippen molar-refractivity contribution in [2.45, 2.75) is 0 Å². The molecule has 1 rings (SSSR count). The summed E-state index contributed by atoms with van der Waals surface area (Å²) in [7, 11) is 4.71. The first-order valence-corrected chi connectivity index (χ1v) is 5.38. The van der Waals surface area contributed by atoms with Crippen molar-refractivity contribution in [3.63, 3.8) is 0 Å². The summed E-state index contributed by atoms with van der Waals surface area (Å²) < 4.78 is 5.02.